The number of rotatable bonds is 8. The molecule has 0 unspecified atom stereocenters. The predicted octanol–water partition coefficient (Wildman–Crippen LogP) is 6.31. The molecule has 0 spiro atoms. The van der Waals surface area contributed by atoms with E-state index in [0.29, 0.717) is 67.4 Å². The number of carboxylic acids is 2. The topological polar surface area (TPSA) is 326 Å². The van der Waals surface area contributed by atoms with Gasteiger partial charge in [-0.25, -0.2) is 14.5 Å². The molecule has 0 fully saturated rings. The number of halogens is 2. The van der Waals surface area contributed by atoms with Gasteiger partial charge in [-0.2, -0.15) is 21.0 Å². The van der Waals surface area contributed by atoms with Crippen molar-refractivity contribution in [2.75, 3.05) is 21.7 Å². The second kappa shape index (κ2) is 40.2. The van der Waals surface area contributed by atoms with E-state index in [-0.39, 0.29) is 109 Å². The maximum Gasteiger partial charge on any atom is 1.00 e. The normalized spacial score (nSPS) is 8.83. The summed E-state index contributed by atoms with van der Waals surface area (Å²) >= 11 is 6.55. The van der Waals surface area contributed by atoms with Crippen LogP contribution in [0.5, 0.6) is 0 Å². The van der Waals surface area contributed by atoms with Crippen molar-refractivity contribution < 1.29 is 98.8 Å². The van der Waals surface area contributed by atoms with Crippen LogP contribution in [-0.4, -0.2) is 48.7 Å². The van der Waals surface area contributed by atoms with E-state index in [1.165, 1.54) is 36.4 Å². The van der Waals surface area contributed by atoms with Gasteiger partial charge in [-0.1, -0.05) is 75.7 Å². The van der Waals surface area contributed by atoms with Crippen LogP contribution in [0, 0.1) is 79.2 Å². The molecule has 8 rings (SSSR count). The van der Waals surface area contributed by atoms with Gasteiger partial charge in [0.2, 0.25) is 0 Å². The van der Waals surface area contributed by atoms with Gasteiger partial charge in [0, 0.05) is 53.9 Å². The molecule has 8 aromatic carbocycles. The molecule has 0 aliphatic heterocycles. The first-order valence-electron chi connectivity index (χ1n) is 23.4. The van der Waals surface area contributed by atoms with Gasteiger partial charge >= 0.3 is 65.1 Å². The summed E-state index contributed by atoms with van der Waals surface area (Å²) in [5, 5.41) is 62.3. The van der Waals surface area contributed by atoms with Crippen molar-refractivity contribution in [3.05, 3.63) is 268 Å². The number of aromatic carboxylic acids is 2. The van der Waals surface area contributed by atoms with Gasteiger partial charge in [0.1, 0.15) is 0 Å². The van der Waals surface area contributed by atoms with Crippen molar-refractivity contribution in [3.63, 3.8) is 0 Å². The van der Waals surface area contributed by atoms with E-state index >= 15 is 0 Å². The van der Waals surface area contributed by atoms with Crippen LogP contribution in [-0.2, 0) is 0 Å². The largest absolute Gasteiger partial charge is 1.00 e. The number of nitrogen functional groups attached to an aromatic ring is 1. The zero-order chi connectivity index (χ0) is 59.6. The number of carboxylic acid groups (broad SMARTS) is 2. The molecule has 0 saturated carbocycles. The summed E-state index contributed by atoms with van der Waals surface area (Å²) in [5.41, 5.74) is 14.0. The summed E-state index contributed by atoms with van der Waals surface area (Å²) in [4.78, 5) is 64.6. The molecule has 0 saturated heterocycles. The first-order chi connectivity index (χ1) is 38.7. The van der Waals surface area contributed by atoms with Crippen LogP contribution in [0.1, 0.15) is 98.2 Å². The van der Waals surface area contributed by atoms with Crippen LogP contribution in [0.4, 0.5) is 34.1 Å². The molecule has 0 heterocycles. The number of nitrogens with one attached hydrogen (secondary N) is 3. The summed E-state index contributed by atoms with van der Waals surface area (Å²) in [6.07, 6.45) is 0. The molecule has 86 heavy (non-hydrogen) atoms. The smallest absolute Gasteiger partial charge is 1.00 e. The van der Waals surface area contributed by atoms with Crippen molar-refractivity contribution in [1.82, 2.24) is 0 Å². The van der Waals surface area contributed by atoms with Crippen molar-refractivity contribution in [3.8, 4) is 24.3 Å². The zero-order valence-corrected chi connectivity index (χ0v) is 53.3. The number of nitrogens with zero attached hydrogens (tertiary/aromatic N) is 6. The first kappa shape index (κ1) is 78.9. The average Bonchev–Trinajstić information content (AvgIpc) is 3.68. The van der Waals surface area contributed by atoms with Crippen LogP contribution in [0.15, 0.2) is 179 Å². The van der Waals surface area contributed by atoms with Crippen LogP contribution in [0.2, 0.25) is 0 Å². The van der Waals surface area contributed by atoms with Crippen LogP contribution in [0.3, 0.4) is 0 Å². The standard InChI is InChI=1S/C16H9N3O3.C16H11N3O.C15H11BrN2O.C8H7BrO2.C7H6N2.CH4.B.2Na.H2O/c1-18-12-6-7-13(16(21)22)14(8-12)15(20)19-11-4-2-10(9-17)3-5-11;1-11-3-6-14(18-2)9-15(11)16(20)19-13-7-4-12(10-17)5-8-13;1-10-2-5-12(16)8-14(10)15(19)18-13-6-3-11(9-17)4-7-13;1-5-2-3-6(9)4-7(5)8(10)11;8-5-6-1-3-7(9)4-2-6;;;;;/h2-8H,(H,19,20)(H,21,22);3-9H,1H3,(H,19,20);2-8H,1H3,(H,18,19);2-4H,1H3,(H,10,11);1-4H,9H2;1H4;;;;1H2/q;;;;;;-1;2*+1;/p-1. The van der Waals surface area contributed by atoms with E-state index in [4.69, 9.17) is 45.0 Å². The molecule has 8 N–H and O–H groups in total. The number of hydrogen-bond acceptors (Lipinski definition) is 11. The summed E-state index contributed by atoms with van der Waals surface area (Å²) in [7, 11) is 0. The van der Waals surface area contributed by atoms with Crippen LogP contribution < -0.4 is 85.9 Å². The first-order valence-corrected chi connectivity index (χ1v) is 25.0. The Morgan fingerprint density at radius 1 is 0.477 bits per heavy atom. The maximum atomic E-state index is 12.2. The summed E-state index contributed by atoms with van der Waals surface area (Å²) in [6, 6.07) is 53.7. The van der Waals surface area contributed by atoms with E-state index in [9.17, 15) is 29.1 Å². The van der Waals surface area contributed by atoms with Crippen molar-refractivity contribution in [2.45, 2.75) is 28.2 Å². The number of benzene rings is 8. The van der Waals surface area contributed by atoms with E-state index in [0.717, 1.165) is 31.7 Å². The van der Waals surface area contributed by atoms with Crippen LogP contribution >= 0.6 is 31.9 Å². The Kier molecular flexibility index (Phi) is 36.8. The van der Waals surface area contributed by atoms with Crippen molar-refractivity contribution >= 4 is 104 Å². The number of nitriles is 4. The van der Waals surface area contributed by atoms with E-state index < -0.39 is 17.8 Å². The van der Waals surface area contributed by atoms with Gasteiger partial charge in [-0.05, 0) is 171 Å². The molecule has 0 bridgehead atoms. The number of carbonyl (C=O) groups is 5. The zero-order valence-electron chi connectivity index (χ0n) is 46.2. The number of aryl methyl sites for hydroxylation is 3. The molecule has 23 heteroatoms. The van der Waals surface area contributed by atoms with Gasteiger partial charge in [0.05, 0.1) is 71.2 Å². The van der Waals surface area contributed by atoms with Gasteiger partial charge in [0.25, 0.3) is 17.7 Å². The number of anilines is 4. The Morgan fingerprint density at radius 2 is 0.767 bits per heavy atom. The van der Waals surface area contributed by atoms with Gasteiger partial charge in [0.15, 0.2) is 11.4 Å². The maximum absolute atomic E-state index is 12.2. The van der Waals surface area contributed by atoms with E-state index in [1.807, 2.05) is 56.3 Å². The second-order valence-electron chi connectivity index (χ2n) is 16.6. The Hall–Kier alpha value is -9.17. The van der Waals surface area contributed by atoms with Crippen molar-refractivity contribution in [2.24, 2.45) is 0 Å². The molecule has 418 valence electrons. The Morgan fingerprint density at radius 3 is 1.09 bits per heavy atom. The SMILES string of the molecule is C.Cc1ccc(Br)cc1C(=O)Nc1ccc(C#N)cc1.Cc1ccc(Br)cc1C(=O)O.N#Cc1ccc(N)cc1.O.[B-].[C-]#[N+]c1ccc(C(=O)[O-])c(C(=O)Nc2ccc(C#N)cc2)c1.[C-]#[N+]c1ccc(C)c(C(=O)Nc2ccc(C#N)cc2)c1.[Na+].[Na+]. The van der Waals surface area contributed by atoms with Gasteiger partial charge in [-0.15, -0.1) is 0 Å². The molecule has 0 aliphatic carbocycles. The Balaban J connectivity index is 0. The third-order valence-electron chi connectivity index (χ3n) is 10.9. The summed E-state index contributed by atoms with van der Waals surface area (Å²) in [6.45, 7) is 19.4. The minimum atomic E-state index is -1.50. The summed E-state index contributed by atoms with van der Waals surface area (Å²) in [5.74, 6) is -3.49. The minimum Gasteiger partial charge on any atom is -1.00 e. The molecule has 3 amide bonds. The average molecular weight is 1290 g/mol. The number of amides is 3. The van der Waals surface area contributed by atoms with Gasteiger partial charge < -0.3 is 50.6 Å². The fourth-order valence-electron chi connectivity index (χ4n) is 6.59. The number of nitrogens with two attached hydrogens (primary N) is 1. The molecule has 4 radical (unpaired) electrons. The summed E-state index contributed by atoms with van der Waals surface area (Å²) < 4.78 is 1.66. The monoisotopic (exact) mass is 1290 g/mol. The molecular formula is C63H49BBr2N10Na2O8. The number of hydrogen-bond donors (Lipinski definition) is 5. The van der Waals surface area contributed by atoms with Gasteiger partial charge in [-0.3, -0.25) is 14.4 Å². The fourth-order valence-corrected chi connectivity index (χ4v) is 7.31. The molecule has 0 aliphatic rings. The van der Waals surface area contributed by atoms with E-state index in [1.54, 1.807) is 116 Å². The van der Waals surface area contributed by atoms with Crippen molar-refractivity contribution in [1.29, 1.82) is 21.0 Å². The Bertz CT molecular complexity index is 3910. The minimum absolute atomic E-state index is 0. The third kappa shape index (κ3) is 25.4. The molecule has 0 aromatic heterocycles. The third-order valence-corrected chi connectivity index (χ3v) is 11.9. The molecular weight excluding hydrogens is 1240 g/mol. The fraction of sp³-hybridized carbons (Fsp3) is 0.0635. The Labute approximate surface area is 561 Å². The molecule has 18 nitrogen and oxygen atoms in total. The quantitative estimate of drug-likeness (QED) is 0.0635. The predicted molar refractivity (Wildman–Crippen MR) is 328 cm³/mol. The number of carbonyl (C=O) groups excluding carboxylic acids is 4. The van der Waals surface area contributed by atoms with E-state index in [2.05, 4.69) is 57.5 Å². The molecule has 8 aromatic rings. The second-order valence-corrected chi connectivity index (χ2v) is 18.5. The van der Waals surface area contributed by atoms with Crippen LogP contribution in [0.25, 0.3) is 9.69 Å². The molecule has 0 atom stereocenters.